The third-order valence-corrected chi connectivity index (χ3v) is 3.04. The van der Waals surface area contributed by atoms with Crippen molar-refractivity contribution < 1.29 is 17.6 Å². The molecule has 0 aromatic heterocycles. The molecule has 0 heterocycles. The Kier molecular flexibility index (Phi) is 4.09. The van der Waals surface area contributed by atoms with E-state index < -0.39 is 29.3 Å². The fraction of sp³-hybridized carbons (Fsp3) is 0.200. The standard InChI is InChI=1S/C15H13F4N/c1-8-3-9(5-10(16)4-8)15(20-2)11-6-13(18)14(19)7-12(11)17/h3-7,15,20H,1-2H3. The van der Waals surface area contributed by atoms with Crippen molar-refractivity contribution >= 4 is 0 Å². The zero-order valence-corrected chi connectivity index (χ0v) is 11.0. The van der Waals surface area contributed by atoms with E-state index in [1.165, 1.54) is 19.2 Å². The lowest BCUT2D eigenvalue weighted by atomic mass is 9.96. The highest BCUT2D eigenvalue weighted by atomic mass is 19.2. The Morgan fingerprint density at radius 1 is 0.850 bits per heavy atom. The normalized spacial score (nSPS) is 12.5. The van der Waals surface area contributed by atoms with Crippen molar-refractivity contribution in [3.63, 3.8) is 0 Å². The summed E-state index contributed by atoms with van der Waals surface area (Å²) in [7, 11) is 1.53. The Morgan fingerprint density at radius 2 is 1.50 bits per heavy atom. The monoisotopic (exact) mass is 283 g/mol. The van der Waals surface area contributed by atoms with Gasteiger partial charge in [0.25, 0.3) is 0 Å². The second kappa shape index (κ2) is 5.63. The minimum absolute atomic E-state index is 0.0728. The molecule has 1 nitrogen and oxygen atoms in total. The first-order chi connectivity index (χ1) is 9.42. The van der Waals surface area contributed by atoms with Crippen LogP contribution in [0.15, 0.2) is 30.3 Å². The SMILES string of the molecule is CNC(c1cc(C)cc(F)c1)c1cc(F)c(F)cc1F. The van der Waals surface area contributed by atoms with E-state index in [2.05, 4.69) is 5.32 Å². The second-order valence-electron chi connectivity index (χ2n) is 4.57. The molecule has 0 fully saturated rings. The Morgan fingerprint density at radius 3 is 2.10 bits per heavy atom. The van der Waals surface area contributed by atoms with Gasteiger partial charge in [-0.25, -0.2) is 17.6 Å². The van der Waals surface area contributed by atoms with E-state index in [0.717, 1.165) is 6.07 Å². The maximum Gasteiger partial charge on any atom is 0.161 e. The Hall–Kier alpha value is -1.88. The lowest BCUT2D eigenvalue weighted by Crippen LogP contribution is -2.20. The van der Waals surface area contributed by atoms with Gasteiger partial charge in [0.15, 0.2) is 11.6 Å². The number of hydrogen-bond acceptors (Lipinski definition) is 1. The van der Waals surface area contributed by atoms with Crippen LogP contribution in [0.3, 0.4) is 0 Å². The van der Waals surface area contributed by atoms with Crippen molar-refractivity contribution in [1.82, 2.24) is 5.32 Å². The van der Waals surface area contributed by atoms with Crippen molar-refractivity contribution in [2.45, 2.75) is 13.0 Å². The van der Waals surface area contributed by atoms with Gasteiger partial charge in [-0.3, -0.25) is 0 Å². The molecule has 0 spiro atoms. The van der Waals surface area contributed by atoms with Crippen LogP contribution >= 0.6 is 0 Å². The average molecular weight is 283 g/mol. The topological polar surface area (TPSA) is 12.0 Å². The molecule has 2 aromatic carbocycles. The fourth-order valence-electron chi connectivity index (χ4n) is 2.19. The van der Waals surface area contributed by atoms with Gasteiger partial charge in [-0.05, 0) is 43.3 Å². The summed E-state index contributed by atoms with van der Waals surface area (Å²) in [6.45, 7) is 1.70. The molecule has 0 aliphatic heterocycles. The molecule has 0 amide bonds. The van der Waals surface area contributed by atoms with Crippen LogP contribution in [0.5, 0.6) is 0 Å². The molecule has 1 N–H and O–H groups in total. The van der Waals surface area contributed by atoms with Gasteiger partial charge >= 0.3 is 0 Å². The van der Waals surface area contributed by atoms with Gasteiger partial charge in [0.2, 0.25) is 0 Å². The van der Waals surface area contributed by atoms with E-state index >= 15 is 0 Å². The molecule has 5 heteroatoms. The first-order valence-corrected chi connectivity index (χ1v) is 6.01. The van der Waals surface area contributed by atoms with Crippen LogP contribution in [-0.4, -0.2) is 7.05 Å². The molecule has 0 saturated heterocycles. The lowest BCUT2D eigenvalue weighted by molar-refractivity contribution is 0.483. The summed E-state index contributed by atoms with van der Waals surface area (Å²) in [5.41, 5.74) is 1.02. The van der Waals surface area contributed by atoms with Crippen molar-refractivity contribution in [2.24, 2.45) is 0 Å². The molecular formula is C15H13F4N. The van der Waals surface area contributed by atoms with E-state index in [0.29, 0.717) is 17.2 Å². The van der Waals surface area contributed by atoms with Crippen LogP contribution in [0, 0.1) is 30.2 Å². The van der Waals surface area contributed by atoms with E-state index in [9.17, 15) is 17.6 Å². The molecule has 0 bridgehead atoms. The first-order valence-electron chi connectivity index (χ1n) is 6.01. The smallest absolute Gasteiger partial charge is 0.161 e. The van der Waals surface area contributed by atoms with Gasteiger partial charge < -0.3 is 5.32 Å². The number of benzene rings is 2. The van der Waals surface area contributed by atoms with Crippen molar-refractivity contribution in [3.8, 4) is 0 Å². The van der Waals surface area contributed by atoms with Crippen LogP contribution in [0.25, 0.3) is 0 Å². The summed E-state index contributed by atoms with van der Waals surface area (Å²) in [6.07, 6.45) is 0. The van der Waals surface area contributed by atoms with Crippen LogP contribution in [0.2, 0.25) is 0 Å². The quantitative estimate of drug-likeness (QED) is 0.666. The number of rotatable bonds is 3. The van der Waals surface area contributed by atoms with Crippen molar-refractivity contribution in [1.29, 1.82) is 0 Å². The summed E-state index contributed by atoms with van der Waals surface area (Å²) in [4.78, 5) is 0. The van der Waals surface area contributed by atoms with Crippen molar-refractivity contribution in [2.75, 3.05) is 7.05 Å². The Labute approximate surface area is 114 Å². The average Bonchev–Trinajstić information content (AvgIpc) is 2.35. The van der Waals surface area contributed by atoms with E-state index in [1.807, 2.05) is 0 Å². The zero-order chi connectivity index (χ0) is 14.9. The zero-order valence-electron chi connectivity index (χ0n) is 11.0. The van der Waals surface area contributed by atoms with E-state index in [4.69, 9.17) is 0 Å². The molecule has 0 saturated carbocycles. The third kappa shape index (κ3) is 2.82. The molecule has 0 aliphatic rings. The fourth-order valence-corrected chi connectivity index (χ4v) is 2.19. The summed E-state index contributed by atoms with van der Waals surface area (Å²) >= 11 is 0. The van der Waals surface area contributed by atoms with Crippen LogP contribution in [0.4, 0.5) is 17.6 Å². The van der Waals surface area contributed by atoms with Gasteiger partial charge in [-0.15, -0.1) is 0 Å². The molecule has 2 rings (SSSR count). The molecule has 106 valence electrons. The molecule has 1 atom stereocenters. The maximum absolute atomic E-state index is 13.8. The Balaban J connectivity index is 2.55. The number of nitrogens with one attached hydrogen (secondary N) is 1. The summed E-state index contributed by atoms with van der Waals surface area (Å²) in [5, 5.41) is 2.78. The molecule has 1 unspecified atom stereocenters. The number of hydrogen-bond donors (Lipinski definition) is 1. The molecule has 2 aromatic rings. The minimum atomic E-state index is -1.25. The minimum Gasteiger partial charge on any atom is -0.309 e. The van der Waals surface area contributed by atoms with Gasteiger partial charge in [0, 0.05) is 11.6 Å². The maximum atomic E-state index is 13.8. The van der Waals surface area contributed by atoms with Crippen LogP contribution < -0.4 is 5.32 Å². The third-order valence-electron chi connectivity index (χ3n) is 3.04. The number of aryl methyl sites for hydroxylation is 1. The van der Waals surface area contributed by atoms with E-state index in [1.54, 1.807) is 13.0 Å². The second-order valence-corrected chi connectivity index (χ2v) is 4.57. The molecule has 0 radical (unpaired) electrons. The highest BCUT2D eigenvalue weighted by Gasteiger charge is 2.20. The van der Waals surface area contributed by atoms with Gasteiger partial charge in [-0.1, -0.05) is 6.07 Å². The summed E-state index contributed by atoms with van der Waals surface area (Å²) in [6, 6.07) is 4.73. The largest absolute Gasteiger partial charge is 0.309 e. The summed E-state index contributed by atoms with van der Waals surface area (Å²) < 4.78 is 53.5. The Bertz CT molecular complexity index is 620. The first kappa shape index (κ1) is 14.5. The van der Waals surface area contributed by atoms with Gasteiger partial charge in [0.1, 0.15) is 11.6 Å². The highest BCUT2D eigenvalue weighted by Crippen LogP contribution is 2.27. The molecular weight excluding hydrogens is 270 g/mol. The van der Waals surface area contributed by atoms with Crippen LogP contribution in [0.1, 0.15) is 22.7 Å². The van der Waals surface area contributed by atoms with E-state index in [-0.39, 0.29) is 5.56 Å². The van der Waals surface area contributed by atoms with Gasteiger partial charge in [-0.2, -0.15) is 0 Å². The van der Waals surface area contributed by atoms with Gasteiger partial charge in [0.05, 0.1) is 6.04 Å². The summed E-state index contributed by atoms with van der Waals surface area (Å²) in [5.74, 6) is -3.75. The predicted octanol–water partition coefficient (Wildman–Crippen LogP) is 3.86. The predicted molar refractivity (Wildman–Crippen MR) is 68.4 cm³/mol. The molecule has 20 heavy (non-hydrogen) atoms. The molecule has 0 aliphatic carbocycles. The van der Waals surface area contributed by atoms with Crippen LogP contribution in [-0.2, 0) is 0 Å². The van der Waals surface area contributed by atoms with Crippen molar-refractivity contribution in [3.05, 3.63) is 70.3 Å². The lowest BCUT2D eigenvalue weighted by Gasteiger charge is -2.19. The highest BCUT2D eigenvalue weighted by molar-refractivity contribution is 5.35. The number of halogens is 4.